The molecule has 0 fully saturated rings. The Hall–Kier alpha value is -1.85. The highest BCUT2D eigenvalue weighted by atomic mass is 16.6. The fourth-order valence-electron chi connectivity index (χ4n) is 0.818. The molecule has 0 radical (unpaired) electrons. The van der Waals surface area contributed by atoms with Gasteiger partial charge < -0.3 is 16.2 Å². The van der Waals surface area contributed by atoms with E-state index in [1.165, 1.54) is 0 Å². The molecular formula is C7H10N4O2. The predicted molar refractivity (Wildman–Crippen MR) is 46.1 cm³/mol. The van der Waals surface area contributed by atoms with E-state index in [0.717, 1.165) is 0 Å². The maximum absolute atomic E-state index is 10.4. The lowest BCUT2D eigenvalue weighted by Gasteiger charge is -2.06. The largest absolute Gasteiger partial charge is 0.411 e. The third-order valence-electron chi connectivity index (χ3n) is 1.56. The second-order valence-corrected chi connectivity index (χ2v) is 2.52. The Morgan fingerprint density at radius 2 is 2.00 bits per heavy atom. The number of amides is 1. The topological polar surface area (TPSA) is 104 Å². The molecule has 6 nitrogen and oxygen atoms in total. The van der Waals surface area contributed by atoms with Crippen molar-refractivity contribution in [3.63, 3.8) is 0 Å². The summed E-state index contributed by atoms with van der Waals surface area (Å²) in [5.74, 6) is 0.164. The summed E-state index contributed by atoms with van der Waals surface area (Å²) >= 11 is 0. The van der Waals surface area contributed by atoms with Crippen LogP contribution in [-0.2, 0) is 0 Å². The zero-order chi connectivity index (χ0) is 10.0. The van der Waals surface area contributed by atoms with E-state index in [0.29, 0.717) is 11.3 Å². The van der Waals surface area contributed by atoms with Crippen LogP contribution in [0.4, 0.5) is 10.7 Å². The number of anilines is 1. The van der Waals surface area contributed by atoms with Gasteiger partial charge in [0, 0.05) is 11.3 Å². The summed E-state index contributed by atoms with van der Waals surface area (Å²) in [6.07, 6.45) is -0.916. The first-order valence-electron chi connectivity index (χ1n) is 3.58. The van der Waals surface area contributed by atoms with E-state index in [4.69, 9.17) is 11.5 Å². The van der Waals surface area contributed by atoms with Crippen molar-refractivity contribution in [2.24, 2.45) is 5.73 Å². The van der Waals surface area contributed by atoms with Gasteiger partial charge in [-0.05, 0) is 13.8 Å². The summed E-state index contributed by atoms with van der Waals surface area (Å²) < 4.78 is 4.61. The number of primary amides is 1. The Labute approximate surface area is 74.9 Å². The van der Waals surface area contributed by atoms with E-state index in [9.17, 15) is 4.79 Å². The van der Waals surface area contributed by atoms with Gasteiger partial charge in [-0.1, -0.05) is 0 Å². The van der Waals surface area contributed by atoms with Crippen molar-refractivity contribution in [2.45, 2.75) is 13.8 Å². The Morgan fingerprint density at radius 1 is 1.38 bits per heavy atom. The van der Waals surface area contributed by atoms with E-state index in [2.05, 4.69) is 14.7 Å². The van der Waals surface area contributed by atoms with Gasteiger partial charge in [-0.3, -0.25) is 0 Å². The van der Waals surface area contributed by atoms with E-state index >= 15 is 0 Å². The number of aromatic nitrogens is 2. The number of nitrogen functional groups attached to an aromatic ring is 1. The quantitative estimate of drug-likeness (QED) is 0.642. The number of hydrogen-bond acceptors (Lipinski definition) is 5. The molecule has 0 aliphatic rings. The zero-order valence-corrected chi connectivity index (χ0v) is 7.37. The van der Waals surface area contributed by atoms with Gasteiger partial charge in [-0.2, -0.15) is 4.98 Å². The molecule has 4 N–H and O–H groups in total. The van der Waals surface area contributed by atoms with Gasteiger partial charge in [0.05, 0.1) is 0 Å². The number of ether oxygens (including phenoxy) is 1. The van der Waals surface area contributed by atoms with Crippen LogP contribution in [0.1, 0.15) is 11.3 Å². The number of carbonyl (C=O) groups excluding carboxylic acids is 1. The predicted octanol–water partition coefficient (Wildman–Crippen LogP) is 0.133. The van der Waals surface area contributed by atoms with Crippen molar-refractivity contribution >= 4 is 12.0 Å². The zero-order valence-electron chi connectivity index (χ0n) is 7.37. The number of carbonyl (C=O) groups is 1. The lowest BCUT2D eigenvalue weighted by molar-refractivity contribution is 0.208. The minimum Gasteiger partial charge on any atom is -0.391 e. The van der Waals surface area contributed by atoms with Gasteiger partial charge in [0.2, 0.25) is 11.8 Å². The second kappa shape index (κ2) is 3.26. The molecule has 0 unspecified atom stereocenters. The fraction of sp³-hybridized carbons (Fsp3) is 0.286. The van der Waals surface area contributed by atoms with Gasteiger partial charge >= 0.3 is 6.09 Å². The third kappa shape index (κ3) is 2.05. The highest BCUT2D eigenvalue weighted by Crippen LogP contribution is 2.17. The van der Waals surface area contributed by atoms with Crippen molar-refractivity contribution in [3.8, 4) is 5.88 Å². The molecular weight excluding hydrogens is 172 g/mol. The van der Waals surface area contributed by atoms with Crippen LogP contribution >= 0.6 is 0 Å². The molecule has 0 aliphatic heterocycles. The van der Waals surface area contributed by atoms with E-state index < -0.39 is 6.09 Å². The van der Waals surface area contributed by atoms with Gasteiger partial charge in [-0.25, -0.2) is 9.78 Å². The number of hydrogen-bond donors (Lipinski definition) is 2. The summed E-state index contributed by atoms with van der Waals surface area (Å²) in [6, 6.07) is 0. The van der Waals surface area contributed by atoms with Crippen LogP contribution in [0.15, 0.2) is 0 Å². The minimum atomic E-state index is -0.916. The Bertz CT molecular complexity index is 351. The molecule has 6 heteroatoms. The molecule has 0 atom stereocenters. The molecule has 0 saturated carbocycles. The minimum absolute atomic E-state index is 0.0550. The first-order valence-corrected chi connectivity index (χ1v) is 3.58. The molecule has 0 bridgehead atoms. The molecule has 70 valence electrons. The maximum Gasteiger partial charge on any atom is 0.411 e. The van der Waals surface area contributed by atoms with Gasteiger partial charge in [0.15, 0.2) is 0 Å². The highest BCUT2D eigenvalue weighted by molar-refractivity contribution is 5.68. The normalized spacial score (nSPS) is 9.69. The molecule has 1 rings (SSSR count). The fourth-order valence-corrected chi connectivity index (χ4v) is 0.818. The van der Waals surface area contributed by atoms with Crippen molar-refractivity contribution in [2.75, 3.05) is 5.73 Å². The summed E-state index contributed by atoms with van der Waals surface area (Å²) in [5.41, 5.74) is 11.5. The van der Waals surface area contributed by atoms with Crippen LogP contribution in [0.5, 0.6) is 5.88 Å². The number of aryl methyl sites for hydroxylation is 1. The smallest absolute Gasteiger partial charge is 0.391 e. The van der Waals surface area contributed by atoms with Crippen LogP contribution in [0.25, 0.3) is 0 Å². The molecule has 0 spiro atoms. The molecule has 1 amide bonds. The van der Waals surface area contributed by atoms with Crippen LogP contribution in [0, 0.1) is 13.8 Å². The highest BCUT2D eigenvalue weighted by Gasteiger charge is 2.09. The molecule has 1 aromatic heterocycles. The average molecular weight is 182 g/mol. The van der Waals surface area contributed by atoms with Gasteiger partial charge in [0.1, 0.15) is 0 Å². The first-order chi connectivity index (χ1) is 6.00. The van der Waals surface area contributed by atoms with E-state index in [-0.39, 0.29) is 11.8 Å². The molecule has 1 heterocycles. The Balaban J connectivity index is 3.12. The van der Waals surface area contributed by atoms with Gasteiger partial charge in [-0.15, -0.1) is 0 Å². The molecule has 0 saturated heterocycles. The summed E-state index contributed by atoms with van der Waals surface area (Å²) in [6.45, 7) is 3.45. The van der Waals surface area contributed by atoms with Gasteiger partial charge in [0.25, 0.3) is 0 Å². The van der Waals surface area contributed by atoms with Crippen LogP contribution in [0.2, 0.25) is 0 Å². The number of rotatable bonds is 1. The Morgan fingerprint density at radius 3 is 2.54 bits per heavy atom. The monoisotopic (exact) mass is 182 g/mol. The molecule has 13 heavy (non-hydrogen) atoms. The molecule has 0 aromatic carbocycles. The van der Waals surface area contributed by atoms with Crippen LogP contribution < -0.4 is 16.2 Å². The summed E-state index contributed by atoms with van der Waals surface area (Å²) in [5, 5.41) is 0. The lowest BCUT2D eigenvalue weighted by atomic mass is 10.3. The van der Waals surface area contributed by atoms with Crippen molar-refractivity contribution in [1.82, 2.24) is 9.97 Å². The summed E-state index contributed by atoms with van der Waals surface area (Å²) in [4.78, 5) is 18.0. The van der Waals surface area contributed by atoms with E-state index in [1.807, 2.05) is 0 Å². The number of nitrogens with zero attached hydrogens (tertiary/aromatic N) is 2. The van der Waals surface area contributed by atoms with Crippen molar-refractivity contribution in [3.05, 3.63) is 11.3 Å². The second-order valence-electron chi connectivity index (χ2n) is 2.52. The Kier molecular flexibility index (Phi) is 2.32. The van der Waals surface area contributed by atoms with Crippen molar-refractivity contribution in [1.29, 1.82) is 0 Å². The lowest BCUT2D eigenvalue weighted by Crippen LogP contribution is -2.18. The van der Waals surface area contributed by atoms with Crippen LogP contribution in [-0.4, -0.2) is 16.1 Å². The van der Waals surface area contributed by atoms with E-state index in [1.54, 1.807) is 13.8 Å². The molecule has 1 aromatic rings. The van der Waals surface area contributed by atoms with Crippen LogP contribution in [0.3, 0.4) is 0 Å². The SMILES string of the molecule is Cc1nc(N)nc(OC(N)=O)c1C. The number of nitrogens with two attached hydrogens (primary N) is 2. The van der Waals surface area contributed by atoms with Crippen molar-refractivity contribution < 1.29 is 9.53 Å². The third-order valence-corrected chi connectivity index (χ3v) is 1.56. The average Bonchev–Trinajstić information content (AvgIpc) is 1.98. The molecule has 0 aliphatic carbocycles. The first kappa shape index (κ1) is 9.24. The standard InChI is InChI=1S/C7H10N4O2/c1-3-4(2)10-6(8)11-5(3)13-7(9)12/h1-2H3,(H2,9,12)(H2,8,10,11). The maximum atomic E-state index is 10.4. The summed E-state index contributed by atoms with van der Waals surface area (Å²) in [7, 11) is 0.